The Balaban J connectivity index is 1.80. The van der Waals surface area contributed by atoms with Gasteiger partial charge in [-0.25, -0.2) is 4.79 Å². The number of anilines is 1. The number of rotatable bonds is 2. The summed E-state index contributed by atoms with van der Waals surface area (Å²) in [6, 6.07) is 8.54. The van der Waals surface area contributed by atoms with Crippen LogP contribution in [0, 0.1) is 18.3 Å². The second-order valence-corrected chi connectivity index (χ2v) is 5.85. The van der Waals surface area contributed by atoms with Crippen LogP contribution in [-0.2, 0) is 0 Å². The number of benzene rings is 1. The topological polar surface area (TPSA) is 95.1 Å². The van der Waals surface area contributed by atoms with E-state index in [9.17, 15) is 4.79 Å². The van der Waals surface area contributed by atoms with E-state index in [4.69, 9.17) is 9.78 Å². The van der Waals surface area contributed by atoms with Gasteiger partial charge in [-0.1, -0.05) is 24.1 Å². The van der Waals surface area contributed by atoms with Crippen LogP contribution in [0.5, 0.6) is 0 Å². The lowest BCUT2D eigenvalue weighted by Crippen LogP contribution is -2.38. The molecular weight excluding hydrogens is 306 g/mol. The summed E-state index contributed by atoms with van der Waals surface area (Å²) in [7, 11) is 0. The molecule has 1 N–H and O–H groups in total. The Bertz CT molecular complexity index is 764. The number of hydrogen-bond acceptors (Lipinski definition) is 5. The van der Waals surface area contributed by atoms with Gasteiger partial charge in [-0.05, 0) is 31.0 Å². The molecule has 0 saturated carbocycles. The van der Waals surface area contributed by atoms with Crippen molar-refractivity contribution in [2.75, 3.05) is 11.9 Å². The van der Waals surface area contributed by atoms with Crippen LogP contribution in [-0.4, -0.2) is 27.6 Å². The van der Waals surface area contributed by atoms with E-state index in [1.807, 2.05) is 0 Å². The summed E-state index contributed by atoms with van der Waals surface area (Å²) in [5.74, 6) is 1.05. The van der Waals surface area contributed by atoms with Crippen molar-refractivity contribution in [2.45, 2.75) is 38.6 Å². The summed E-state index contributed by atoms with van der Waals surface area (Å²) in [6.45, 7) is 2.38. The Morgan fingerprint density at radius 1 is 1.42 bits per heavy atom. The quantitative estimate of drug-likeness (QED) is 0.913. The first-order chi connectivity index (χ1) is 11.7. The Morgan fingerprint density at radius 3 is 3.04 bits per heavy atom. The molecule has 24 heavy (non-hydrogen) atoms. The lowest BCUT2D eigenvalue weighted by atomic mass is 10.1. The summed E-state index contributed by atoms with van der Waals surface area (Å²) in [5, 5.41) is 15.8. The predicted octanol–water partition coefficient (Wildman–Crippen LogP) is 3.40. The second-order valence-electron chi connectivity index (χ2n) is 5.85. The molecule has 1 fully saturated rings. The minimum atomic E-state index is -0.209. The molecule has 0 radical (unpaired) electrons. The maximum atomic E-state index is 12.8. The predicted molar refractivity (Wildman–Crippen MR) is 87.1 cm³/mol. The van der Waals surface area contributed by atoms with E-state index >= 15 is 0 Å². The van der Waals surface area contributed by atoms with E-state index < -0.39 is 0 Å². The van der Waals surface area contributed by atoms with Gasteiger partial charge in [0.25, 0.3) is 0 Å². The van der Waals surface area contributed by atoms with E-state index in [0.29, 0.717) is 29.5 Å². The molecule has 1 saturated heterocycles. The van der Waals surface area contributed by atoms with Crippen molar-refractivity contribution in [2.24, 2.45) is 0 Å². The number of likely N-dealkylation sites (tertiary alicyclic amines) is 1. The van der Waals surface area contributed by atoms with Crippen molar-refractivity contribution >= 4 is 11.7 Å². The highest BCUT2D eigenvalue weighted by Gasteiger charge is 2.30. The summed E-state index contributed by atoms with van der Waals surface area (Å²) in [4.78, 5) is 18.8. The molecule has 1 atom stereocenters. The molecule has 2 heterocycles. The monoisotopic (exact) mass is 325 g/mol. The molecule has 1 aromatic heterocycles. The van der Waals surface area contributed by atoms with E-state index in [1.165, 1.54) is 0 Å². The molecular formula is C17H19N5O2. The van der Waals surface area contributed by atoms with Crippen molar-refractivity contribution in [3.8, 4) is 6.07 Å². The number of hydrogen-bond donors (Lipinski definition) is 1. The SMILES string of the molecule is Cc1nc([C@@H]2CCCCCN2C(=O)Nc2cccc(C#N)c2)no1. The van der Waals surface area contributed by atoms with Crippen molar-refractivity contribution in [3.63, 3.8) is 0 Å². The number of carbonyl (C=O) groups is 1. The molecule has 2 aromatic rings. The van der Waals surface area contributed by atoms with Gasteiger partial charge in [0.05, 0.1) is 17.7 Å². The third-order valence-electron chi connectivity index (χ3n) is 4.10. The first kappa shape index (κ1) is 16.0. The molecule has 0 aliphatic carbocycles. The number of nitriles is 1. The smallest absolute Gasteiger partial charge is 0.322 e. The van der Waals surface area contributed by atoms with Crippen LogP contribution < -0.4 is 5.32 Å². The molecule has 1 aliphatic rings. The molecule has 0 bridgehead atoms. The average molecular weight is 325 g/mol. The number of aryl methyl sites for hydroxylation is 1. The zero-order chi connectivity index (χ0) is 16.9. The van der Waals surface area contributed by atoms with Crippen LogP contribution in [0.2, 0.25) is 0 Å². The number of nitrogens with zero attached hydrogens (tertiary/aromatic N) is 4. The van der Waals surface area contributed by atoms with Gasteiger partial charge in [-0.3, -0.25) is 0 Å². The van der Waals surface area contributed by atoms with E-state index in [2.05, 4.69) is 21.5 Å². The fourth-order valence-electron chi connectivity index (χ4n) is 2.93. The fraction of sp³-hybridized carbons (Fsp3) is 0.412. The fourth-order valence-corrected chi connectivity index (χ4v) is 2.93. The molecule has 1 aliphatic heterocycles. The highest BCUT2D eigenvalue weighted by Crippen LogP contribution is 2.29. The minimum absolute atomic E-state index is 0.191. The third kappa shape index (κ3) is 3.54. The summed E-state index contributed by atoms with van der Waals surface area (Å²) < 4.78 is 5.08. The highest BCUT2D eigenvalue weighted by molar-refractivity contribution is 5.89. The van der Waals surface area contributed by atoms with Crippen molar-refractivity contribution in [1.29, 1.82) is 5.26 Å². The van der Waals surface area contributed by atoms with E-state index in [0.717, 1.165) is 25.7 Å². The lowest BCUT2D eigenvalue weighted by Gasteiger charge is -2.28. The Morgan fingerprint density at radius 2 is 2.29 bits per heavy atom. The molecule has 7 heteroatoms. The van der Waals surface area contributed by atoms with Crippen LogP contribution >= 0.6 is 0 Å². The maximum Gasteiger partial charge on any atom is 0.322 e. The first-order valence-corrected chi connectivity index (χ1v) is 8.05. The Kier molecular flexibility index (Phi) is 4.75. The zero-order valence-corrected chi connectivity index (χ0v) is 13.5. The van der Waals surface area contributed by atoms with Crippen LogP contribution in [0.25, 0.3) is 0 Å². The molecule has 1 aromatic carbocycles. The lowest BCUT2D eigenvalue weighted by molar-refractivity contribution is 0.185. The average Bonchev–Trinajstić information content (AvgIpc) is 2.87. The molecule has 124 valence electrons. The van der Waals surface area contributed by atoms with Gasteiger partial charge in [0.15, 0.2) is 5.82 Å². The zero-order valence-electron chi connectivity index (χ0n) is 13.5. The molecule has 7 nitrogen and oxygen atoms in total. The Hall–Kier alpha value is -2.88. The van der Waals surface area contributed by atoms with Gasteiger partial charge in [0, 0.05) is 19.2 Å². The van der Waals surface area contributed by atoms with Gasteiger partial charge >= 0.3 is 6.03 Å². The van der Waals surface area contributed by atoms with Gasteiger partial charge in [0.1, 0.15) is 0 Å². The van der Waals surface area contributed by atoms with Crippen molar-refractivity contribution < 1.29 is 9.32 Å². The van der Waals surface area contributed by atoms with E-state index in [-0.39, 0.29) is 12.1 Å². The minimum Gasteiger partial charge on any atom is -0.340 e. The molecule has 2 amide bonds. The van der Waals surface area contributed by atoms with Crippen LogP contribution in [0.1, 0.15) is 49.0 Å². The van der Waals surface area contributed by atoms with Gasteiger partial charge < -0.3 is 14.7 Å². The third-order valence-corrected chi connectivity index (χ3v) is 4.10. The standard InChI is InChI=1S/C17H19N5O2/c1-12-19-16(21-24-12)15-8-3-2-4-9-22(15)17(23)20-14-7-5-6-13(10-14)11-18/h5-7,10,15H,2-4,8-9H2,1H3,(H,20,23)/t15-/m0/s1. The normalized spacial score (nSPS) is 17.8. The highest BCUT2D eigenvalue weighted by atomic mass is 16.5. The summed E-state index contributed by atoms with van der Waals surface area (Å²) in [6.07, 6.45) is 3.84. The number of amides is 2. The summed E-state index contributed by atoms with van der Waals surface area (Å²) in [5.41, 5.74) is 1.11. The van der Waals surface area contributed by atoms with Crippen LogP contribution in [0.15, 0.2) is 28.8 Å². The van der Waals surface area contributed by atoms with Crippen LogP contribution in [0.4, 0.5) is 10.5 Å². The number of nitrogens with one attached hydrogen (secondary N) is 1. The summed E-state index contributed by atoms with van der Waals surface area (Å²) >= 11 is 0. The van der Waals surface area contributed by atoms with Gasteiger partial charge in [-0.15, -0.1) is 0 Å². The number of carbonyl (C=O) groups excluding carboxylic acids is 1. The maximum absolute atomic E-state index is 12.8. The molecule has 3 rings (SSSR count). The van der Waals surface area contributed by atoms with Crippen molar-refractivity contribution in [3.05, 3.63) is 41.5 Å². The molecule has 0 spiro atoms. The first-order valence-electron chi connectivity index (χ1n) is 8.05. The van der Waals surface area contributed by atoms with Gasteiger partial charge in [-0.2, -0.15) is 10.2 Å². The number of aromatic nitrogens is 2. The van der Waals surface area contributed by atoms with Gasteiger partial charge in [0.2, 0.25) is 5.89 Å². The number of urea groups is 1. The molecule has 0 unspecified atom stereocenters. The second kappa shape index (κ2) is 7.13. The largest absolute Gasteiger partial charge is 0.340 e. The Labute approximate surface area is 140 Å². The van der Waals surface area contributed by atoms with Crippen molar-refractivity contribution in [1.82, 2.24) is 15.0 Å². The van der Waals surface area contributed by atoms with E-state index in [1.54, 1.807) is 36.1 Å². The van der Waals surface area contributed by atoms with Crippen LogP contribution in [0.3, 0.4) is 0 Å².